The summed E-state index contributed by atoms with van der Waals surface area (Å²) >= 11 is 0. The summed E-state index contributed by atoms with van der Waals surface area (Å²) in [5.74, 6) is 0.955. The van der Waals surface area contributed by atoms with E-state index in [0.29, 0.717) is 0 Å². The molecule has 0 aliphatic carbocycles. The molecule has 0 amide bonds. The van der Waals surface area contributed by atoms with Crippen LogP contribution in [0.4, 0.5) is 5.69 Å². The van der Waals surface area contributed by atoms with Gasteiger partial charge in [-0.15, -0.1) is 0 Å². The van der Waals surface area contributed by atoms with Gasteiger partial charge >= 0.3 is 0 Å². The van der Waals surface area contributed by atoms with Crippen molar-refractivity contribution in [3.05, 3.63) is 48.0 Å². The first-order valence-corrected chi connectivity index (χ1v) is 7.61. The van der Waals surface area contributed by atoms with Gasteiger partial charge in [0.2, 0.25) is 0 Å². The number of aromatic nitrogens is 2. The molecule has 1 N–H and O–H groups in total. The van der Waals surface area contributed by atoms with Crippen LogP contribution in [-0.2, 0) is 0 Å². The fourth-order valence-electron chi connectivity index (χ4n) is 3.09. The Kier molecular flexibility index (Phi) is 2.92. The highest BCUT2D eigenvalue weighted by atomic mass is 15.1. The number of nitrogens with one attached hydrogen (secondary N) is 1. The zero-order valence-corrected chi connectivity index (χ0v) is 12.3. The molecule has 0 unspecified atom stereocenters. The third-order valence-electron chi connectivity index (χ3n) is 4.23. The molecule has 1 aromatic heterocycles. The van der Waals surface area contributed by atoms with E-state index in [1.807, 2.05) is 0 Å². The predicted octanol–water partition coefficient (Wildman–Crippen LogP) is 4.14. The zero-order valence-electron chi connectivity index (χ0n) is 12.3. The lowest BCUT2D eigenvalue weighted by Crippen LogP contribution is -2.17. The molecule has 3 aromatic rings. The molecule has 4 rings (SSSR count). The van der Waals surface area contributed by atoms with Gasteiger partial charge in [0.25, 0.3) is 0 Å². The Bertz CT molecular complexity index is 782. The van der Waals surface area contributed by atoms with Crippen molar-refractivity contribution in [2.45, 2.75) is 19.8 Å². The number of rotatable bonds is 2. The maximum Gasteiger partial charge on any atom is 0.138 e. The third kappa shape index (κ3) is 2.29. The molecule has 0 bridgehead atoms. The van der Waals surface area contributed by atoms with Crippen molar-refractivity contribution in [3.8, 4) is 11.4 Å². The second kappa shape index (κ2) is 4.92. The highest BCUT2D eigenvalue weighted by Crippen LogP contribution is 2.27. The third-order valence-corrected chi connectivity index (χ3v) is 4.23. The predicted molar refractivity (Wildman–Crippen MR) is 87.7 cm³/mol. The second-order valence-electron chi connectivity index (χ2n) is 5.85. The number of H-pyrrole nitrogens is 1. The Morgan fingerprint density at radius 1 is 1.05 bits per heavy atom. The van der Waals surface area contributed by atoms with Crippen LogP contribution in [0.3, 0.4) is 0 Å². The topological polar surface area (TPSA) is 31.9 Å². The molecule has 0 radical (unpaired) electrons. The Morgan fingerprint density at radius 3 is 2.76 bits per heavy atom. The summed E-state index contributed by atoms with van der Waals surface area (Å²) in [6, 6.07) is 15.0. The van der Waals surface area contributed by atoms with Crippen LogP contribution in [0.1, 0.15) is 18.4 Å². The maximum atomic E-state index is 4.72. The molecule has 0 saturated carbocycles. The molecule has 1 aliphatic heterocycles. The molecule has 1 aliphatic rings. The van der Waals surface area contributed by atoms with E-state index in [9.17, 15) is 0 Å². The maximum absolute atomic E-state index is 4.72. The van der Waals surface area contributed by atoms with Gasteiger partial charge in [0.1, 0.15) is 5.82 Å². The van der Waals surface area contributed by atoms with Gasteiger partial charge in [-0.1, -0.05) is 18.2 Å². The molecule has 2 heterocycles. The number of hydrogen-bond acceptors (Lipinski definition) is 2. The molecular formula is C18H19N3. The van der Waals surface area contributed by atoms with Crippen molar-refractivity contribution in [2.24, 2.45) is 0 Å². The average Bonchev–Trinajstić information content (AvgIpc) is 3.16. The Labute approximate surface area is 124 Å². The Morgan fingerprint density at radius 2 is 1.90 bits per heavy atom. The lowest BCUT2D eigenvalue weighted by atomic mass is 10.2. The highest BCUT2D eigenvalue weighted by Gasteiger charge is 2.13. The molecule has 2 aromatic carbocycles. The van der Waals surface area contributed by atoms with Gasteiger partial charge in [-0.25, -0.2) is 4.98 Å². The van der Waals surface area contributed by atoms with Crippen LogP contribution in [-0.4, -0.2) is 23.1 Å². The van der Waals surface area contributed by atoms with Crippen LogP contribution in [0.15, 0.2) is 42.5 Å². The standard InChI is InChI=1S/C18H19N3/c1-13-7-8-16-17(11-13)20-18(19-16)14-5-4-6-15(12-14)21-9-2-3-10-21/h4-8,11-12H,2-3,9-10H2,1H3,(H,19,20). The average molecular weight is 277 g/mol. The van der Waals surface area contributed by atoms with Crippen LogP contribution in [0.2, 0.25) is 0 Å². The molecule has 21 heavy (non-hydrogen) atoms. The van der Waals surface area contributed by atoms with Gasteiger partial charge < -0.3 is 9.88 Å². The van der Waals surface area contributed by atoms with E-state index in [1.54, 1.807) is 0 Å². The summed E-state index contributed by atoms with van der Waals surface area (Å²) in [5.41, 5.74) is 5.86. The SMILES string of the molecule is Cc1ccc2nc(-c3cccc(N4CCCC4)c3)[nH]c2c1. The first kappa shape index (κ1) is 12.5. The van der Waals surface area contributed by atoms with E-state index in [0.717, 1.165) is 22.4 Å². The van der Waals surface area contributed by atoms with E-state index >= 15 is 0 Å². The van der Waals surface area contributed by atoms with E-state index in [-0.39, 0.29) is 0 Å². The van der Waals surface area contributed by atoms with Gasteiger partial charge in [0.15, 0.2) is 0 Å². The Hall–Kier alpha value is -2.29. The fourth-order valence-corrected chi connectivity index (χ4v) is 3.09. The number of fused-ring (bicyclic) bond motifs is 1. The number of imidazole rings is 1. The highest BCUT2D eigenvalue weighted by molar-refractivity contribution is 5.80. The second-order valence-corrected chi connectivity index (χ2v) is 5.85. The van der Waals surface area contributed by atoms with Crippen LogP contribution < -0.4 is 4.90 Å². The van der Waals surface area contributed by atoms with E-state index in [2.05, 4.69) is 59.3 Å². The van der Waals surface area contributed by atoms with Crippen molar-refractivity contribution < 1.29 is 0 Å². The van der Waals surface area contributed by atoms with Crippen LogP contribution in [0.5, 0.6) is 0 Å². The van der Waals surface area contributed by atoms with Crippen LogP contribution in [0.25, 0.3) is 22.4 Å². The Balaban J connectivity index is 1.75. The zero-order chi connectivity index (χ0) is 14.2. The van der Waals surface area contributed by atoms with Gasteiger partial charge in [0.05, 0.1) is 11.0 Å². The molecule has 3 nitrogen and oxygen atoms in total. The molecule has 3 heteroatoms. The lowest BCUT2D eigenvalue weighted by molar-refractivity contribution is 0.949. The van der Waals surface area contributed by atoms with Crippen molar-refractivity contribution in [3.63, 3.8) is 0 Å². The number of nitrogens with zero attached hydrogens (tertiary/aromatic N) is 2. The summed E-state index contributed by atoms with van der Waals surface area (Å²) in [7, 11) is 0. The van der Waals surface area contributed by atoms with Crippen LogP contribution >= 0.6 is 0 Å². The lowest BCUT2D eigenvalue weighted by Gasteiger charge is -2.17. The van der Waals surface area contributed by atoms with E-state index in [4.69, 9.17) is 4.98 Å². The molecule has 1 fully saturated rings. The summed E-state index contributed by atoms with van der Waals surface area (Å²) in [4.78, 5) is 10.6. The number of anilines is 1. The minimum atomic E-state index is 0.955. The normalized spacial score (nSPS) is 15.0. The minimum absolute atomic E-state index is 0.955. The fraction of sp³-hybridized carbons (Fsp3) is 0.278. The molecule has 1 saturated heterocycles. The number of benzene rings is 2. The van der Waals surface area contributed by atoms with E-state index in [1.165, 1.54) is 37.2 Å². The largest absolute Gasteiger partial charge is 0.372 e. The van der Waals surface area contributed by atoms with Gasteiger partial charge in [0, 0.05) is 24.3 Å². The summed E-state index contributed by atoms with van der Waals surface area (Å²) in [5, 5.41) is 0. The summed E-state index contributed by atoms with van der Waals surface area (Å²) in [6.45, 7) is 4.44. The minimum Gasteiger partial charge on any atom is -0.372 e. The van der Waals surface area contributed by atoms with Crippen molar-refractivity contribution >= 4 is 16.7 Å². The molecule has 106 valence electrons. The van der Waals surface area contributed by atoms with Gasteiger partial charge in [-0.05, 0) is 49.6 Å². The van der Waals surface area contributed by atoms with Crippen molar-refractivity contribution in [2.75, 3.05) is 18.0 Å². The first-order chi connectivity index (χ1) is 10.3. The summed E-state index contributed by atoms with van der Waals surface area (Å²) < 4.78 is 0. The van der Waals surface area contributed by atoms with Crippen molar-refractivity contribution in [1.82, 2.24) is 9.97 Å². The monoisotopic (exact) mass is 277 g/mol. The summed E-state index contributed by atoms with van der Waals surface area (Å²) in [6.07, 6.45) is 2.60. The van der Waals surface area contributed by atoms with E-state index < -0.39 is 0 Å². The number of aryl methyl sites for hydroxylation is 1. The molecule has 0 spiro atoms. The quantitative estimate of drug-likeness (QED) is 0.763. The smallest absolute Gasteiger partial charge is 0.138 e. The number of aromatic amines is 1. The number of hydrogen-bond donors (Lipinski definition) is 1. The molecule has 0 atom stereocenters. The van der Waals surface area contributed by atoms with Gasteiger partial charge in [-0.2, -0.15) is 0 Å². The van der Waals surface area contributed by atoms with Gasteiger partial charge in [-0.3, -0.25) is 0 Å². The molecular weight excluding hydrogens is 258 g/mol. The van der Waals surface area contributed by atoms with Crippen molar-refractivity contribution in [1.29, 1.82) is 0 Å². The van der Waals surface area contributed by atoms with Crippen LogP contribution in [0, 0.1) is 6.92 Å². The first-order valence-electron chi connectivity index (χ1n) is 7.61.